The molecule has 1 aromatic heterocycles. The third-order valence-corrected chi connectivity index (χ3v) is 3.23. The van der Waals surface area contributed by atoms with Gasteiger partial charge in [0.25, 0.3) is 10.2 Å². The van der Waals surface area contributed by atoms with Gasteiger partial charge >= 0.3 is 0 Å². The van der Waals surface area contributed by atoms with E-state index in [1.807, 2.05) is 24.4 Å². The van der Waals surface area contributed by atoms with E-state index < -0.39 is 10.2 Å². The summed E-state index contributed by atoms with van der Waals surface area (Å²) in [4.78, 5) is 1.26. The molecule has 0 aromatic carbocycles. The van der Waals surface area contributed by atoms with Crippen LogP contribution < -0.4 is 9.86 Å². The van der Waals surface area contributed by atoms with Crippen LogP contribution in [0.1, 0.15) is 11.8 Å². The summed E-state index contributed by atoms with van der Waals surface area (Å²) in [6.07, 6.45) is 0.875. The number of nitrogens with two attached hydrogens (primary N) is 1. The zero-order valence-electron chi connectivity index (χ0n) is 7.93. The lowest BCUT2D eigenvalue weighted by Crippen LogP contribution is -2.34. The van der Waals surface area contributed by atoms with Crippen LogP contribution in [0.15, 0.2) is 17.5 Å². The molecule has 1 atom stereocenters. The number of hydrogen-bond donors (Lipinski definition) is 2. The Bertz CT molecular complexity index is 359. The molecule has 3 N–H and O–H groups in total. The fourth-order valence-corrected chi connectivity index (χ4v) is 2.49. The van der Waals surface area contributed by atoms with E-state index in [1.54, 1.807) is 11.3 Å². The zero-order chi connectivity index (χ0) is 10.6. The second kappa shape index (κ2) is 4.88. The SMILES string of the molecule is CC(CNS(N)(=O)=O)Cc1cccs1. The molecule has 0 aliphatic heterocycles. The third kappa shape index (κ3) is 4.71. The predicted molar refractivity (Wildman–Crippen MR) is 58.3 cm³/mol. The maximum atomic E-state index is 10.6. The van der Waals surface area contributed by atoms with E-state index in [1.165, 1.54) is 4.88 Å². The van der Waals surface area contributed by atoms with Crippen molar-refractivity contribution >= 4 is 21.5 Å². The van der Waals surface area contributed by atoms with Crippen molar-refractivity contribution in [2.75, 3.05) is 6.54 Å². The van der Waals surface area contributed by atoms with Crippen molar-refractivity contribution in [2.24, 2.45) is 11.1 Å². The van der Waals surface area contributed by atoms with Crippen molar-refractivity contribution in [1.82, 2.24) is 4.72 Å². The molecular weight excluding hydrogens is 220 g/mol. The highest BCUT2D eigenvalue weighted by atomic mass is 32.2. The molecule has 0 fully saturated rings. The molecule has 0 bridgehead atoms. The number of rotatable bonds is 5. The molecule has 0 amide bonds. The Labute approximate surface area is 88.3 Å². The van der Waals surface area contributed by atoms with Crippen molar-refractivity contribution in [1.29, 1.82) is 0 Å². The summed E-state index contributed by atoms with van der Waals surface area (Å²) >= 11 is 1.68. The van der Waals surface area contributed by atoms with Crippen LogP contribution in [0.2, 0.25) is 0 Å². The van der Waals surface area contributed by atoms with Crippen molar-refractivity contribution < 1.29 is 8.42 Å². The monoisotopic (exact) mass is 234 g/mol. The fraction of sp³-hybridized carbons (Fsp3) is 0.500. The molecule has 1 heterocycles. The molecular formula is C8H14N2O2S2. The molecule has 80 valence electrons. The van der Waals surface area contributed by atoms with Gasteiger partial charge in [0.05, 0.1) is 0 Å². The first kappa shape index (κ1) is 11.6. The van der Waals surface area contributed by atoms with E-state index in [4.69, 9.17) is 5.14 Å². The number of thiophene rings is 1. The van der Waals surface area contributed by atoms with Crippen LogP contribution in [0, 0.1) is 5.92 Å². The van der Waals surface area contributed by atoms with Gasteiger partial charge in [0.2, 0.25) is 0 Å². The minimum Gasteiger partial charge on any atom is -0.216 e. The van der Waals surface area contributed by atoms with Crippen LogP contribution in [0.25, 0.3) is 0 Å². The first-order chi connectivity index (χ1) is 6.47. The largest absolute Gasteiger partial charge is 0.274 e. The molecule has 1 unspecified atom stereocenters. The minimum atomic E-state index is -3.54. The van der Waals surface area contributed by atoms with Gasteiger partial charge in [-0.2, -0.15) is 8.42 Å². The van der Waals surface area contributed by atoms with Gasteiger partial charge in [-0.25, -0.2) is 9.86 Å². The standard InChI is InChI=1S/C8H14N2O2S2/c1-7(6-10-14(9,11)12)5-8-3-2-4-13-8/h2-4,7,10H,5-6H2,1H3,(H2,9,11,12). The fourth-order valence-electron chi connectivity index (χ4n) is 1.10. The average molecular weight is 234 g/mol. The lowest BCUT2D eigenvalue weighted by Gasteiger charge is -2.09. The summed E-state index contributed by atoms with van der Waals surface area (Å²) < 4.78 is 23.5. The Morgan fingerprint density at radius 2 is 2.36 bits per heavy atom. The van der Waals surface area contributed by atoms with Crippen LogP contribution in [0.5, 0.6) is 0 Å². The normalized spacial score (nSPS) is 14.1. The van der Waals surface area contributed by atoms with Gasteiger partial charge in [0, 0.05) is 11.4 Å². The summed E-state index contributed by atoms with van der Waals surface area (Å²) in [6.45, 7) is 2.37. The van der Waals surface area contributed by atoms with Gasteiger partial charge in [-0.15, -0.1) is 11.3 Å². The second-order valence-corrected chi connectivity index (χ2v) is 5.69. The highest BCUT2D eigenvalue weighted by molar-refractivity contribution is 7.87. The molecule has 0 spiro atoms. The van der Waals surface area contributed by atoms with E-state index in [0.717, 1.165) is 6.42 Å². The quantitative estimate of drug-likeness (QED) is 0.788. The molecule has 0 saturated heterocycles. The zero-order valence-corrected chi connectivity index (χ0v) is 9.57. The second-order valence-electron chi connectivity index (χ2n) is 3.28. The van der Waals surface area contributed by atoms with Gasteiger partial charge in [0.1, 0.15) is 0 Å². The van der Waals surface area contributed by atoms with Gasteiger partial charge in [-0.05, 0) is 23.8 Å². The highest BCUT2D eigenvalue weighted by Crippen LogP contribution is 2.13. The molecule has 0 saturated carbocycles. The Hall–Kier alpha value is -0.430. The first-order valence-electron chi connectivity index (χ1n) is 4.27. The third-order valence-electron chi connectivity index (χ3n) is 1.76. The van der Waals surface area contributed by atoms with E-state index in [0.29, 0.717) is 6.54 Å². The molecule has 6 heteroatoms. The highest BCUT2D eigenvalue weighted by Gasteiger charge is 2.07. The van der Waals surface area contributed by atoms with E-state index in [2.05, 4.69) is 4.72 Å². The Morgan fingerprint density at radius 3 is 2.86 bits per heavy atom. The van der Waals surface area contributed by atoms with Crippen LogP contribution in [-0.4, -0.2) is 15.0 Å². The average Bonchev–Trinajstić information content (AvgIpc) is 2.52. The molecule has 0 aliphatic carbocycles. The van der Waals surface area contributed by atoms with Gasteiger partial charge in [0.15, 0.2) is 0 Å². The van der Waals surface area contributed by atoms with Gasteiger partial charge < -0.3 is 0 Å². The maximum absolute atomic E-state index is 10.6. The lowest BCUT2D eigenvalue weighted by atomic mass is 10.1. The van der Waals surface area contributed by atoms with Gasteiger partial charge in [-0.1, -0.05) is 13.0 Å². The molecule has 0 aliphatic rings. The molecule has 0 radical (unpaired) electrons. The summed E-state index contributed by atoms with van der Waals surface area (Å²) in [5, 5.41) is 6.83. The Kier molecular flexibility index (Phi) is 4.06. The van der Waals surface area contributed by atoms with E-state index >= 15 is 0 Å². The summed E-state index contributed by atoms with van der Waals surface area (Å²) in [6, 6.07) is 4.03. The van der Waals surface area contributed by atoms with Crippen molar-refractivity contribution in [3.05, 3.63) is 22.4 Å². The topological polar surface area (TPSA) is 72.2 Å². The van der Waals surface area contributed by atoms with Gasteiger partial charge in [-0.3, -0.25) is 0 Å². The molecule has 4 nitrogen and oxygen atoms in total. The van der Waals surface area contributed by atoms with Crippen molar-refractivity contribution in [3.8, 4) is 0 Å². The summed E-state index contributed by atoms with van der Waals surface area (Å²) in [5.74, 6) is 0.256. The number of hydrogen-bond acceptors (Lipinski definition) is 3. The minimum absolute atomic E-state index is 0.256. The molecule has 14 heavy (non-hydrogen) atoms. The van der Waals surface area contributed by atoms with E-state index in [9.17, 15) is 8.42 Å². The van der Waals surface area contributed by atoms with Crippen LogP contribution >= 0.6 is 11.3 Å². The van der Waals surface area contributed by atoms with E-state index in [-0.39, 0.29) is 5.92 Å². The lowest BCUT2D eigenvalue weighted by molar-refractivity contribution is 0.540. The smallest absolute Gasteiger partial charge is 0.216 e. The summed E-state index contributed by atoms with van der Waals surface area (Å²) in [7, 11) is -3.54. The molecule has 1 aromatic rings. The summed E-state index contributed by atoms with van der Waals surface area (Å²) in [5.41, 5.74) is 0. The van der Waals surface area contributed by atoms with Crippen molar-refractivity contribution in [3.63, 3.8) is 0 Å². The predicted octanol–water partition coefficient (Wildman–Crippen LogP) is 0.720. The first-order valence-corrected chi connectivity index (χ1v) is 6.70. The van der Waals surface area contributed by atoms with Crippen LogP contribution in [-0.2, 0) is 16.6 Å². The van der Waals surface area contributed by atoms with Crippen molar-refractivity contribution in [2.45, 2.75) is 13.3 Å². The van der Waals surface area contributed by atoms with Crippen LogP contribution in [0.4, 0.5) is 0 Å². The number of nitrogens with one attached hydrogen (secondary N) is 1. The Morgan fingerprint density at radius 1 is 1.64 bits per heavy atom. The maximum Gasteiger partial charge on any atom is 0.274 e. The molecule has 1 rings (SSSR count). The van der Waals surface area contributed by atoms with Crippen LogP contribution in [0.3, 0.4) is 0 Å². The Balaban J connectivity index is 2.33.